The van der Waals surface area contributed by atoms with E-state index in [9.17, 15) is 18.0 Å². The Kier molecular flexibility index (Phi) is 4.33. The maximum atomic E-state index is 12.7. The summed E-state index contributed by atoms with van der Waals surface area (Å²) in [5.41, 5.74) is -1.40. The highest BCUT2D eigenvalue weighted by atomic mass is 19.4. The second kappa shape index (κ2) is 5.38. The van der Waals surface area contributed by atoms with Crippen LogP contribution in [0.2, 0.25) is 0 Å². The molecule has 8 heteroatoms. The van der Waals surface area contributed by atoms with Crippen molar-refractivity contribution < 1.29 is 31.9 Å². The molecular formula is C10H12F3NO4. The zero-order valence-electron chi connectivity index (χ0n) is 10.00. The fourth-order valence-corrected chi connectivity index (χ4v) is 1.14. The van der Waals surface area contributed by atoms with E-state index in [2.05, 4.69) is 9.72 Å². The smallest absolute Gasteiger partial charge is 0.437 e. The second-order valence-electron chi connectivity index (χ2n) is 3.33. The lowest BCUT2D eigenvalue weighted by atomic mass is 10.3. The van der Waals surface area contributed by atoms with Gasteiger partial charge in [0.25, 0.3) is 0 Å². The molecule has 0 fully saturated rings. The number of carbonyl (C=O) groups is 1. The van der Waals surface area contributed by atoms with E-state index in [1.807, 2.05) is 0 Å². The van der Waals surface area contributed by atoms with Crippen molar-refractivity contribution in [2.75, 3.05) is 13.7 Å². The van der Waals surface area contributed by atoms with Gasteiger partial charge in [0.15, 0.2) is 5.69 Å². The molecule has 0 bridgehead atoms. The van der Waals surface area contributed by atoms with Crippen LogP contribution in [0, 0.1) is 0 Å². The average molecular weight is 267 g/mol. The van der Waals surface area contributed by atoms with Gasteiger partial charge in [0.1, 0.15) is 6.10 Å². The van der Waals surface area contributed by atoms with Gasteiger partial charge < -0.3 is 13.9 Å². The number of halogens is 3. The van der Waals surface area contributed by atoms with Gasteiger partial charge in [0, 0.05) is 7.11 Å². The molecule has 0 aliphatic heterocycles. The minimum Gasteiger partial charge on any atom is -0.460 e. The molecule has 0 N–H and O–H groups in total. The van der Waals surface area contributed by atoms with Gasteiger partial charge in [0.2, 0.25) is 11.7 Å². The average Bonchev–Trinajstić information content (AvgIpc) is 2.72. The van der Waals surface area contributed by atoms with Gasteiger partial charge in [-0.3, -0.25) is 0 Å². The Balaban J connectivity index is 3.21. The van der Waals surface area contributed by atoms with Gasteiger partial charge >= 0.3 is 12.1 Å². The Hall–Kier alpha value is -1.57. The van der Waals surface area contributed by atoms with Crippen molar-refractivity contribution in [2.24, 2.45) is 0 Å². The highest BCUT2D eigenvalue weighted by Gasteiger charge is 2.42. The van der Waals surface area contributed by atoms with Crippen LogP contribution in [0.15, 0.2) is 4.42 Å². The molecular weight excluding hydrogens is 255 g/mol. The van der Waals surface area contributed by atoms with E-state index in [-0.39, 0.29) is 12.5 Å². The predicted molar refractivity (Wildman–Crippen MR) is 52.9 cm³/mol. The summed E-state index contributed by atoms with van der Waals surface area (Å²) in [5.74, 6) is -2.48. The summed E-state index contributed by atoms with van der Waals surface area (Å²) < 4.78 is 52.0. The molecule has 1 heterocycles. The lowest BCUT2D eigenvalue weighted by Gasteiger charge is -2.03. The van der Waals surface area contributed by atoms with Gasteiger partial charge in [-0.1, -0.05) is 0 Å². The van der Waals surface area contributed by atoms with Gasteiger partial charge in [0.05, 0.1) is 6.61 Å². The number of hydrogen-bond acceptors (Lipinski definition) is 5. The Morgan fingerprint density at radius 2 is 2.11 bits per heavy atom. The number of methoxy groups -OCH3 is 1. The zero-order chi connectivity index (χ0) is 13.9. The second-order valence-corrected chi connectivity index (χ2v) is 3.33. The van der Waals surface area contributed by atoms with Gasteiger partial charge in [-0.2, -0.15) is 13.2 Å². The molecule has 0 saturated carbocycles. The first-order valence-electron chi connectivity index (χ1n) is 5.09. The van der Waals surface area contributed by atoms with Crippen LogP contribution < -0.4 is 0 Å². The summed E-state index contributed by atoms with van der Waals surface area (Å²) in [5, 5.41) is 0. The maximum absolute atomic E-state index is 12.7. The fourth-order valence-electron chi connectivity index (χ4n) is 1.14. The number of oxazole rings is 1. The van der Waals surface area contributed by atoms with E-state index in [0.29, 0.717) is 0 Å². The number of nitrogens with zero attached hydrogens (tertiary/aromatic N) is 1. The minimum atomic E-state index is -4.79. The van der Waals surface area contributed by atoms with Crippen LogP contribution in [0.25, 0.3) is 0 Å². The maximum Gasteiger partial charge on any atom is 0.437 e. The number of alkyl halides is 3. The summed E-state index contributed by atoms with van der Waals surface area (Å²) in [6.07, 6.45) is -5.59. The normalized spacial score (nSPS) is 13.4. The summed E-state index contributed by atoms with van der Waals surface area (Å²) >= 11 is 0. The lowest BCUT2D eigenvalue weighted by Crippen LogP contribution is -2.14. The highest BCUT2D eigenvalue weighted by molar-refractivity contribution is 5.87. The van der Waals surface area contributed by atoms with Crippen LogP contribution in [0.1, 0.15) is 42.1 Å². The Labute approximate surface area is 101 Å². The van der Waals surface area contributed by atoms with Gasteiger partial charge in [-0.25, -0.2) is 9.78 Å². The molecule has 1 atom stereocenters. The number of rotatable bonds is 4. The molecule has 0 aliphatic carbocycles. The molecule has 0 spiro atoms. The summed E-state index contributed by atoms with van der Waals surface area (Å²) in [7, 11) is 1.28. The van der Waals surface area contributed by atoms with Crippen molar-refractivity contribution in [1.29, 1.82) is 0 Å². The predicted octanol–water partition coefficient (Wildman–Crippen LogP) is 2.58. The van der Waals surface area contributed by atoms with Crippen molar-refractivity contribution in [3.8, 4) is 0 Å². The molecule has 18 heavy (non-hydrogen) atoms. The van der Waals surface area contributed by atoms with Crippen molar-refractivity contribution >= 4 is 5.97 Å². The fraction of sp³-hybridized carbons (Fsp3) is 0.600. The van der Waals surface area contributed by atoms with E-state index in [4.69, 9.17) is 9.15 Å². The number of hydrogen-bond donors (Lipinski definition) is 0. The third-order valence-electron chi connectivity index (χ3n) is 2.07. The monoisotopic (exact) mass is 267 g/mol. The van der Waals surface area contributed by atoms with E-state index in [0.717, 1.165) is 0 Å². The summed E-state index contributed by atoms with van der Waals surface area (Å²) in [6, 6.07) is 0. The van der Waals surface area contributed by atoms with Crippen LogP contribution in [0.3, 0.4) is 0 Å². The highest BCUT2D eigenvalue weighted by Crippen LogP contribution is 2.33. The third-order valence-corrected chi connectivity index (χ3v) is 2.07. The standard InChI is InChI=1S/C10H12F3NO4/c1-4-17-9(15)6-7(10(11,12)13)14-8(18-6)5(2)16-3/h5H,4H2,1-3H3. The molecule has 0 aliphatic rings. The first-order chi connectivity index (χ1) is 8.31. The first-order valence-corrected chi connectivity index (χ1v) is 5.09. The molecule has 1 aromatic heterocycles. The van der Waals surface area contributed by atoms with Gasteiger partial charge in [-0.05, 0) is 13.8 Å². The van der Waals surface area contributed by atoms with E-state index >= 15 is 0 Å². The molecule has 1 unspecified atom stereocenters. The topological polar surface area (TPSA) is 61.6 Å². The van der Waals surface area contributed by atoms with Crippen LogP contribution in [0.4, 0.5) is 13.2 Å². The Morgan fingerprint density at radius 3 is 2.56 bits per heavy atom. The Bertz CT molecular complexity index is 427. The van der Waals surface area contributed by atoms with Crippen LogP contribution in [-0.4, -0.2) is 24.7 Å². The summed E-state index contributed by atoms with van der Waals surface area (Å²) in [4.78, 5) is 14.6. The number of ether oxygens (including phenoxy) is 2. The Morgan fingerprint density at radius 1 is 1.50 bits per heavy atom. The minimum absolute atomic E-state index is 0.0635. The van der Waals surface area contributed by atoms with Crippen LogP contribution in [-0.2, 0) is 15.7 Å². The van der Waals surface area contributed by atoms with Crippen LogP contribution >= 0.6 is 0 Å². The number of aromatic nitrogens is 1. The summed E-state index contributed by atoms with van der Waals surface area (Å²) in [6.45, 7) is 2.85. The zero-order valence-corrected chi connectivity index (χ0v) is 10.00. The van der Waals surface area contributed by atoms with Crippen molar-refractivity contribution in [3.05, 3.63) is 17.3 Å². The molecule has 5 nitrogen and oxygen atoms in total. The van der Waals surface area contributed by atoms with Gasteiger partial charge in [-0.15, -0.1) is 0 Å². The van der Waals surface area contributed by atoms with Crippen molar-refractivity contribution in [3.63, 3.8) is 0 Å². The molecule has 102 valence electrons. The largest absolute Gasteiger partial charge is 0.460 e. The molecule has 0 aromatic carbocycles. The SMILES string of the molecule is CCOC(=O)c1oc(C(C)OC)nc1C(F)(F)F. The molecule has 1 aromatic rings. The van der Waals surface area contributed by atoms with Crippen molar-refractivity contribution in [2.45, 2.75) is 26.1 Å². The van der Waals surface area contributed by atoms with E-state index in [1.165, 1.54) is 21.0 Å². The van der Waals surface area contributed by atoms with E-state index in [1.54, 1.807) is 0 Å². The number of carbonyl (C=O) groups excluding carboxylic acids is 1. The molecule has 1 rings (SSSR count). The van der Waals surface area contributed by atoms with Crippen LogP contribution in [0.5, 0.6) is 0 Å². The first kappa shape index (κ1) is 14.5. The molecule has 0 amide bonds. The third kappa shape index (κ3) is 3.00. The molecule has 0 radical (unpaired) electrons. The lowest BCUT2D eigenvalue weighted by molar-refractivity contribution is -0.141. The van der Waals surface area contributed by atoms with Crippen molar-refractivity contribution in [1.82, 2.24) is 4.98 Å². The number of esters is 1. The quantitative estimate of drug-likeness (QED) is 0.784. The molecule has 0 saturated heterocycles. The van der Waals surface area contributed by atoms with E-state index < -0.39 is 29.7 Å².